The number of hydrogen-bond donors (Lipinski definition) is 1. The first-order valence-corrected chi connectivity index (χ1v) is 8.61. The zero-order chi connectivity index (χ0) is 13.1. The van der Waals surface area contributed by atoms with Crippen molar-refractivity contribution in [3.63, 3.8) is 0 Å². The van der Waals surface area contributed by atoms with Crippen molar-refractivity contribution < 1.29 is 9.84 Å². The van der Waals surface area contributed by atoms with Gasteiger partial charge in [-0.2, -0.15) is 0 Å². The van der Waals surface area contributed by atoms with Gasteiger partial charge in [0, 0.05) is 6.61 Å². The third-order valence-electron chi connectivity index (χ3n) is 5.91. The molecule has 2 aliphatic carbocycles. The molecule has 19 heavy (non-hydrogen) atoms. The summed E-state index contributed by atoms with van der Waals surface area (Å²) < 4.78 is 6.00. The molecule has 0 aromatic carbocycles. The summed E-state index contributed by atoms with van der Waals surface area (Å²) in [7, 11) is 0. The summed E-state index contributed by atoms with van der Waals surface area (Å²) in [6.07, 6.45) is 15.3. The minimum Gasteiger partial charge on any atom is -0.393 e. The lowest BCUT2D eigenvalue weighted by Gasteiger charge is -2.49. The van der Waals surface area contributed by atoms with Crippen molar-refractivity contribution in [2.45, 2.75) is 88.8 Å². The third-order valence-corrected chi connectivity index (χ3v) is 5.91. The maximum atomic E-state index is 10.8. The third kappa shape index (κ3) is 3.16. The molecule has 1 spiro atoms. The minimum absolute atomic E-state index is 0.0560. The van der Waals surface area contributed by atoms with Crippen LogP contribution in [0.2, 0.25) is 0 Å². The van der Waals surface area contributed by atoms with Crippen molar-refractivity contribution in [1.82, 2.24) is 0 Å². The average Bonchev–Trinajstić information content (AvgIpc) is 2.36. The van der Waals surface area contributed by atoms with E-state index in [1.165, 1.54) is 64.2 Å². The maximum absolute atomic E-state index is 10.8. The van der Waals surface area contributed by atoms with Crippen LogP contribution < -0.4 is 0 Å². The summed E-state index contributed by atoms with van der Waals surface area (Å²) in [6, 6.07) is 0. The summed E-state index contributed by atoms with van der Waals surface area (Å²) in [5, 5.41) is 10.8. The van der Waals surface area contributed by atoms with Gasteiger partial charge in [0.15, 0.2) is 0 Å². The van der Waals surface area contributed by atoms with Crippen molar-refractivity contribution in [1.29, 1.82) is 0 Å². The quantitative estimate of drug-likeness (QED) is 0.817. The molecule has 2 atom stereocenters. The number of aliphatic hydroxyl groups is 1. The van der Waals surface area contributed by atoms with Crippen molar-refractivity contribution in [2.24, 2.45) is 11.8 Å². The Balaban J connectivity index is 1.56. The Labute approximate surface area is 117 Å². The topological polar surface area (TPSA) is 29.5 Å². The van der Waals surface area contributed by atoms with Gasteiger partial charge in [-0.25, -0.2) is 0 Å². The molecule has 0 radical (unpaired) electrons. The maximum Gasteiger partial charge on any atom is 0.0686 e. The first kappa shape index (κ1) is 13.9. The molecule has 1 heterocycles. The highest BCUT2D eigenvalue weighted by atomic mass is 16.5. The zero-order valence-electron chi connectivity index (χ0n) is 12.3. The minimum atomic E-state index is -0.0560. The monoisotopic (exact) mass is 266 g/mol. The second kappa shape index (κ2) is 6.13. The fourth-order valence-corrected chi connectivity index (χ4v) is 4.49. The molecular formula is C17H30O2. The molecule has 1 N–H and O–H groups in total. The van der Waals surface area contributed by atoms with Crippen LogP contribution in [-0.2, 0) is 4.74 Å². The SMILES string of the molecule is OC(C1CCCCCCC1)C1CCOC2(CCC2)C1. The Morgan fingerprint density at radius 2 is 1.53 bits per heavy atom. The van der Waals surface area contributed by atoms with E-state index < -0.39 is 0 Å². The van der Waals surface area contributed by atoms with Gasteiger partial charge in [-0.15, -0.1) is 0 Å². The van der Waals surface area contributed by atoms with Crippen LogP contribution in [0.15, 0.2) is 0 Å². The van der Waals surface area contributed by atoms with Gasteiger partial charge < -0.3 is 9.84 Å². The standard InChI is InChI=1S/C17H30O2/c18-16(14-7-4-2-1-3-5-8-14)15-9-12-19-17(13-15)10-6-11-17/h14-16,18H,1-13H2. The fourth-order valence-electron chi connectivity index (χ4n) is 4.49. The molecule has 110 valence electrons. The second-order valence-corrected chi connectivity index (χ2v) is 7.23. The van der Waals surface area contributed by atoms with Crippen molar-refractivity contribution in [3.05, 3.63) is 0 Å². The first-order valence-electron chi connectivity index (χ1n) is 8.61. The van der Waals surface area contributed by atoms with E-state index in [1.807, 2.05) is 0 Å². The largest absolute Gasteiger partial charge is 0.393 e. The molecule has 3 fully saturated rings. The number of ether oxygens (including phenoxy) is 1. The predicted octanol–water partition coefficient (Wildman–Crippen LogP) is 4.06. The highest BCUT2D eigenvalue weighted by Gasteiger charge is 2.45. The highest BCUT2D eigenvalue weighted by Crippen LogP contribution is 2.46. The van der Waals surface area contributed by atoms with E-state index in [0.29, 0.717) is 11.8 Å². The second-order valence-electron chi connectivity index (χ2n) is 7.23. The van der Waals surface area contributed by atoms with E-state index >= 15 is 0 Å². The summed E-state index contributed by atoms with van der Waals surface area (Å²) >= 11 is 0. The molecule has 0 aromatic rings. The Hall–Kier alpha value is -0.0800. The Morgan fingerprint density at radius 1 is 0.842 bits per heavy atom. The van der Waals surface area contributed by atoms with Gasteiger partial charge in [-0.1, -0.05) is 32.1 Å². The van der Waals surface area contributed by atoms with Gasteiger partial charge in [0.05, 0.1) is 11.7 Å². The van der Waals surface area contributed by atoms with E-state index in [0.717, 1.165) is 19.4 Å². The molecule has 0 aromatic heterocycles. The van der Waals surface area contributed by atoms with Gasteiger partial charge in [0.2, 0.25) is 0 Å². The Morgan fingerprint density at radius 3 is 2.16 bits per heavy atom. The van der Waals surface area contributed by atoms with Crippen LogP contribution in [0.1, 0.15) is 77.0 Å². The lowest BCUT2D eigenvalue weighted by atomic mass is 9.68. The summed E-state index contributed by atoms with van der Waals surface area (Å²) in [5.41, 5.74) is 0.186. The summed E-state index contributed by atoms with van der Waals surface area (Å²) in [6.45, 7) is 0.883. The molecule has 2 saturated carbocycles. The van der Waals surface area contributed by atoms with Gasteiger partial charge in [-0.3, -0.25) is 0 Å². The average molecular weight is 266 g/mol. The van der Waals surface area contributed by atoms with Crippen LogP contribution in [0.5, 0.6) is 0 Å². The fraction of sp³-hybridized carbons (Fsp3) is 1.00. The molecule has 3 rings (SSSR count). The van der Waals surface area contributed by atoms with Crippen LogP contribution in [-0.4, -0.2) is 23.4 Å². The molecule has 0 bridgehead atoms. The first-order chi connectivity index (χ1) is 9.29. The lowest BCUT2D eigenvalue weighted by Crippen LogP contribution is -2.48. The summed E-state index contributed by atoms with van der Waals surface area (Å²) in [5.74, 6) is 1.08. The lowest BCUT2D eigenvalue weighted by molar-refractivity contribution is -0.162. The zero-order valence-corrected chi connectivity index (χ0v) is 12.3. The molecule has 2 heteroatoms. The number of rotatable bonds is 2. The predicted molar refractivity (Wildman–Crippen MR) is 77.1 cm³/mol. The van der Waals surface area contributed by atoms with Gasteiger partial charge in [0.25, 0.3) is 0 Å². The van der Waals surface area contributed by atoms with Crippen molar-refractivity contribution in [2.75, 3.05) is 6.61 Å². The van der Waals surface area contributed by atoms with Crippen molar-refractivity contribution in [3.8, 4) is 0 Å². The van der Waals surface area contributed by atoms with Gasteiger partial charge in [0.1, 0.15) is 0 Å². The van der Waals surface area contributed by atoms with Crippen LogP contribution >= 0.6 is 0 Å². The Bertz CT molecular complexity index is 277. The van der Waals surface area contributed by atoms with E-state index in [9.17, 15) is 5.11 Å². The van der Waals surface area contributed by atoms with E-state index in [-0.39, 0.29) is 11.7 Å². The van der Waals surface area contributed by atoms with E-state index in [2.05, 4.69) is 0 Å². The van der Waals surface area contributed by atoms with Gasteiger partial charge in [-0.05, 0) is 56.8 Å². The molecule has 1 saturated heterocycles. The summed E-state index contributed by atoms with van der Waals surface area (Å²) in [4.78, 5) is 0. The van der Waals surface area contributed by atoms with Crippen LogP contribution in [0, 0.1) is 11.8 Å². The molecule has 2 nitrogen and oxygen atoms in total. The van der Waals surface area contributed by atoms with Gasteiger partial charge >= 0.3 is 0 Å². The van der Waals surface area contributed by atoms with Crippen LogP contribution in [0.3, 0.4) is 0 Å². The molecule has 3 aliphatic rings. The van der Waals surface area contributed by atoms with Crippen LogP contribution in [0.4, 0.5) is 0 Å². The highest BCUT2D eigenvalue weighted by molar-refractivity contribution is 4.96. The number of hydrogen-bond acceptors (Lipinski definition) is 2. The molecule has 2 unspecified atom stereocenters. The number of aliphatic hydroxyl groups excluding tert-OH is 1. The van der Waals surface area contributed by atoms with Crippen LogP contribution in [0.25, 0.3) is 0 Å². The van der Waals surface area contributed by atoms with E-state index in [1.54, 1.807) is 0 Å². The normalized spacial score (nSPS) is 34.3. The van der Waals surface area contributed by atoms with E-state index in [4.69, 9.17) is 4.74 Å². The Kier molecular flexibility index (Phi) is 4.48. The van der Waals surface area contributed by atoms with Crippen molar-refractivity contribution >= 4 is 0 Å². The molecule has 1 aliphatic heterocycles. The molecular weight excluding hydrogens is 236 g/mol. The smallest absolute Gasteiger partial charge is 0.0686 e. The molecule has 0 amide bonds.